The van der Waals surface area contributed by atoms with Crippen molar-refractivity contribution in [1.29, 1.82) is 0 Å². The number of carbonyl (C=O) groups is 1. The van der Waals surface area contributed by atoms with Gasteiger partial charge in [0.15, 0.2) is 0 Å². The summed E-state index contributed by atoms with van der Waals surface area (Å²) in [6.45, 7) is 1.76. The van der Waals surface area contributed by atoms with Gasteiger partial charge in [-0.25, -0.2) is 19.2 Å². The average Bonchev–Trinajstić information content (AvgIpc) is 2.31. The zero-order valence-electron chi connectivity index (χ0n) is 9.42. The van der Waals surface area contributed by atoms with Gasteiger partial charge in [-0.3, -0.25) is 0 Å². The van der Waals surface area contributed by atoms with E-state index in [1.807, 2.05) is 0 Å². The Bertz CT molecular complexity index is 604. The van der Waals surface area contributed by atoms with Crippen LogP contribution in [0.15, 0.2) is 40.4 Å². The van der Waals surface area contributed by atoms with Crippen LogP contribution >= 0.6 is 11.8 Å². The topological polar surface area (TPSA) is 63.1 Å². The fourth-order valence-corrected chi connectivity index (χ4v) is 2.20. The van der Waals surface area contributed by atoms with Crippen molar-refractivity contribution in [3.63, 3.8) is 0 Å². The monoisotopic (exact) mass is 264 g/mol. The van der Waals surface area contributed by atoms with Crippen molar-refractivity contribution in [2.24, 2.45) is 0 Å². The molecule has 0 aliphatic rings. The van der Waals surface area contributed by atoms with Gasteiger partial charge in [0.05, 0.1) is 5.56 Å². The Hall–Kier alpha value is -1.95. The van der Waals surface area contributed by atoms with Gasteiger partial charge >= 0.3 is 5.97 Å². The molecule has 0 saturated carbocycles. The molecule has 0 atom stereocenters. The predicted molar refractivity (Wildman–Crippen MR) is 64.3 cm³/mol. The summed E-state index contributed by atoms with van der Waals surface area (Å²) in [5.74, 6) is -1.40. The molecular formula is C12H9FN2O2S. The van der Waals surface area contributed by atoms with E-state index < -0.39 is 11.8 Å². The van der Waals surface area contributed by atoms with Crippen LogP contribution in [0.1, 0.15) is 16.2 Å². The zero-order chi connectivity index (χ0) is 13.1. The Balaban J connectivity index is 2.30. The number of aromatic carboxylic acids is 1. The lowest BCUT2D eigenvalue weighted by Gasteiger charge is -2.03. The van der Waals surface area contributed by atoms with E-state index in [0.29, 0.717) is 15.7 Å². The first-order chi connectivity index (χ1) is 8.56. The molecule has 0 unspecified atom stereocenters. The second kappa shape index (κ2) is 5.14. The summed E-state index contributed by atoms with van der Waals surface area (Å²) >= 11 is 1.26. The predicted octanol–water partition coefficient (Wildman–Crippen LogP) is 2.77. The highest BCUT2D eigenvalue weighted by Gasteiger charge is 2.11. The van der Waals surface area contributed by atoms with Crippen molar-refractivity contribution in [1.82, 2.24) is 9.97 Å². The normalized spacial score (nSPS) is 10.3. The second-order valence-corrected chi connectivity index (χ2v) is 4.58. The largest absolute Gasteiger partial charge is 0.478 e. The van der Waals surface area contributed by atoms with Crippen molar-refractivity contribution in [2.75, 3.05) is 0 Å². The van der Waals surface area contributed by atoms with E-state index in [4.69, 9.17) is 5.11 Å². The van der Waals surface area contributed by atoms with Crippen molar-refractivity contribution in [3.05, 3.63) is 47.7 Å². The molecule has 0 amide bonds. The minimum absolute atomic E-state index is 0.342. The molecule has 4 nitrogen and oxygen atoms in total. The number of aromatic nitrogens is 2. The Morgan fingerprint density at radius 3 is 2.83 bits per heavy atom. The van der Waals surface area contributed by atoms with Crippen LogP contribution in [0.5, 0.6) is 0 Å². The van der Waals surface area contributed by atoms with Crippen LogP contribution in [0.25, 0.3) is 0 Å². The third kappa shape index (κ3) is 2.84. The van der Waals surface area contributed by atoms with Gasteiger partial charge in [-0.2, -0.15) is 0 Å². The Labute approximate surface area is 107 Å². The summed E-state index contributed by atoms with van der Waals surface area (Å²) in [7, 11) is 0. The van der Waals surface area contributed by atoms with E-state index in [9.17, 15) is 9.18 Å². The Kier molecular flexibility index (Phi) is 3.57. The number of nitrogens with zero attached hydrogens (tertiary/aromatic N) is 2. The smallest absolute Gasteiger partial charge is 0.338 e. The third-order valence-corrected chi connectivity index (χ3v) is 3.07. The molecule has 0 fully saturated rings. The molecule has 1 heterocycles. The van der Waals surface area contributed by atoms with Gasteiger partial charge in [0.2, 0.25) is 0 Å². The number of hydrogen-bond donors (Lipinski definition) is 1. The molecule has 92 valence electrons. The van der Waals surface area contributed by atoms with Crippen LogP contribution in [0.2, 0.25) is 0 Å². The summed E-state index contributed by atoms with van der Waals surface area (Å²) in [5.41, 5.74) is -0.342. The van der Waals surface area contributed by atoms with E-state index in [1.165, 1.54) is 23.9 Å². The van der Waals surface area contributed by atoms with Crippen molar-refractivity contribution in [3.8, 4) is 0 Å². The summed E-state index contributed by atoms with van der Waals surface area (Å²) in [6.07, 6.45) is 1.62. The minimum atomic E-state index is -1.28. The van der Waals surface area contributed by atoms with Crippen LogP contribution in [-0.2, 0) is 0 Å². The number of halogens is 1. The van der Waals surface area contributed by atoms with Crippen LogP contribution in [0.4, 0.5) is 4.39 Å². The van der Waals surface area contributed by atoms with Crippen LogP contribution in [-0.4, -0.2) is 21.0 Å². The molecule has 0 radical (unpaired) electrons. The minimum Gasteiger partial charge on any atom is -0.478 e. The maximum absolute atomic E-state index is 13.2. The molecule has 0 saturated heterocycles. The molecular weight excluding hydrogens is 255 g/mol. The Morgan fingerprint density at radius 1 is 1.39 bits per heavy atom. The molecule has 6 heteroatoms. The van der Waals surface area contributed by atoms with E-state index in [1.54, 1.807) is 19.2 Å². The number of carboxylic acid groups (broad SMARTS) is 1. The molecule has 2 aromatic rings. The molecule has 0 aliphatic carbocycles. The van der Waals surface area contributed by atoms with Gasteiger partial charge in [-0.15, -0.1) is 0 Å². The standard InChI is InChI=1S/C12H9FN2O2S/c1-7-14-5-4-11(15-7)18-8-2-3-10(13)9(6-8)12(16)17/h2-6H,1H3,(H,16,17). The van der Waals surface area contributed by atoms with Crippen LogP contribution in [0.3, 0.4) is 0 Å². The SMILES string of the molecule is Cc1nccc(Sc2ccc(F)c(C(=O)O)c2)n1. The zero-order valence-corrected chi connectivity index (χ0v) is 10.2. The van der Waals surface area contributed by atoms with Gasteiger partial charge in [0.25, 0.3) is 0 Å². The summed E-state index contributed by atoms with van der Waals surface area (Å²) < 4.78 is 13.2. The highest BCUT2D eigenvalue weighted by molar-refractivity contribution is 7.99. The average molecular weight is 264 g/mol. The molecule has 0 aliphatic heterocycles. The van der Waals surface area contributed by atoms with Crippen LogP contribution in [0, 0.1) is 12.7 Å². The van der Waals surface area contributed by atoms with Crippen molar-refractivity contribution in [2.45, 2.75) is 16.8 Å². The lowest BCUT2D eigenvalue weighted by molar-refractivity contribution is 0.0691. The molecule has 0 spiro atoms. The first kappa shape index (κ1) is 12.5. The summed E-state index contributed by atoms with van der Waals surface area (Å²) in [4.78, 5) is 19.6. The molecule has 1 aromatic heterocycles. The first-order valence-corrected chi connectivity index (χ1v) is 5.88. The number of hydrogen-bond acceptors (Lipinski definition) is 4. The summed E-state index contributed by atoms with van der Waals surface area (Å²) in [5, 5.41) is 9.51. The van der Waals surface area contributed by atoms with Gasteiger partial charge in [-0.1, -0.05) is 11.8 Å². The van der Waals surface area contributed by atoms with Gasteiger partial charge in [0.1, 0.15) is 16.7 Å². The fraction of sp³-hybridized carbons (Fsp3) is 0.0833. The van der Waals surface area contributed by atoms with E-state index in [-0.39, 0.29) is 5.56 Å². The molecule has 0 bridgehead atoms. The molecule has 18 heavy (non-hydrogen) atoms. The highest BCUT2D eigenvalue weighted by Crippen LogP contribution is 2.27. The lowest BCUT2D eigenvalue weighted by atomic mass is 10.2. The van der Waals surface area contributed by atoms with E-state index in [0.717, 1.165) is 6.07 Å². The summed E-state index contributed by atoms with van der Waals surface area (Å²) in [6, 6.07) is 5.66. The number of aryl methyl sites for hydroxylation is 1. The van der Waals surface area contributed by atoms with Crippen LogP contribution < -0.4 is 0 Å². The van der Waals surface area contributed by atoms with E-state index >= 15 is 0 Å². The second-order valence-electron chi connectivity index (χ2n) is 3.49. The number of rotatable bonds is 3. The quantitative estimate of drug-likeness (QED) is 0.864. The first-order valence-electron chi connectivity index (χ1n) is 5.06. The van der Waals surface area contributed by atoms with Crippen molar-refractivity contribution < 1.29 is 14.3 Å². The maximum atomic E-state index is 13.2. The Morgan fingerprint density at radius 2 is 2.17 bits per heavy atom. The lowest BCUT2D eigenvalue weighted by Crippen LogP contribution is -2.00. The third-order valence-electron chi connectivity index (χ3n) is 2.14. The van der Waals surface area contributed by atoms with E-state index in [2.05, 4.69) is 9.97 Å². The highest BCUT2D eigenvalue weighted by atomic mass is 32.2. The molecule has 1 N–H and O–H groups in total. The van der Waals surface area contributed by atoms with Crippen molar-refractivity contribution >= 4 is 17.7 Å². The van der Waals surface area contributed by atoms with Gasteiger partial charge in [0, 0.05) is 11.1 Å². The fourth-order valence-electron chi connectivity index (χ4n) is 1.34. The van der Waals surface area contributed by atoms with Gasteiger partial charge < -0.3 is 5.11 Å². The molecule has 2 rings (SSSR count). The maximum Gasteiger partial charge on any atom is 0.338 e. The van der Waals surface area contributed by atoms with Gasteiger partial charge in [-0.05, 0) is 31.2 Å². The number of carboxylic acids is 1. The number of benzene rings is 1. The molecule has 1 aromatic carbocycles.